The summed E-state index contributed by atoms with van der Waals surface area (Å²) in [6, 6.07) is 56.7. The van der Waals surface area contributed by atoms with Crippen LogP contribution in [0.1, 0.15) is 5.56 Å². The van der Waals surface area contributed by atoms with Crippen LogP contribution < -0.4 is 0 Å². The number of nitrogens with zero attached hydrogens (tertiary/aromatic N) is 3. The number of aromatic nitrogens is 2. The third-order valence-electron chi connectivity index (χ3n) is 9.55. The first-order chi connectivity index (χ1) is 23.2. The second-order valence-corrected chi connectivity index (χ2v) is 13.2. The van der Waals surface area contributed by atoms with Gasteiger partial charge < -0.3 is 9.13 Å². The molecule has 47 heavy (non-hydrogen) atoms. The summed E-state index contributed by atoms with van der Waals surface area (Å²) in [4.78, 5) is 0. The van der Waals surface area contributed by atoms with Gasteiger partial charge in [-0.25, -0.2) is 0 Å². The molecule has 0 aliphatic heterocycles. The van der Waals surface area contributed by atoms with E-state index in [1.54, 1.807) is 0 Å². The second-order valence-electron chi connectivity index (χ2n) is 12.1. The molecule has 0 N–H and O–H groups in total. The summed E-state index contributed by atoms with van der Waals surface area (Å²) in [5, 5.41) is 16.8. The number of para-hydroxylation sites is 3. The molecule has 0 bridgehead atoms. The highest BCUT2D eigenvalue weighted by atomic mass is 32.1. The van der Waals surface area contributed by atoms with Gasteiger partial charge in [0.2, 0.25) is 0 Å². The molecule has 0 fully saturated rings. The van der Waals surface area contributed by atoms with E-state index in [-0.39, 0.29) is 0 Å². The van der Waals surface area contributed by atoms with Crippen molar-refractivity contribution >= 4 is 75.1 Å². The summed E-state index contributed by atoms with van der Waals surface area (Å²) >= 11 is 1.83. The molecule has 3 aromatic heterocycles. The lowest BCUT2D eigenvalue weighted by atomic mass is 10.0. The van der Waals surface area contributed by atoms with Gasteiger partial charge >= 0.3 is 0 Å². The molecule has 3 heterocycles. The van der Waals surface area contributed by atoms with Gasteiger partial charge in [-0.2, -0.15) is 5.26 Å². The van der Waals surface area contributed by atoms with Crippen LogP contribution in [0.5, 0.6) is 0 Å². The zero-order valence-corrected chi connectivity index (χ0v) is 26.0. The van der Waals surface area contributed by atoms with Crippen molar-refractivity contribution in [1.82, 2.24) is 9.13 Å². The molecule has 0 radical (unpaired) electrons. The molecule has 0 amide bonds. The Morgan fingerprint density at radius 1 is 0.404 bits per heavy atom. The molecule has 0 aliphatic rings. The minimum Gasteiger partial charge on any atom is -0.309 e. The van der Waals surface area contributed by atoms with Crippen LogP contribution in [0.15, 0.2) is 152 Å². The molecule has 0 unspecified atom stereocenters. The van der Waals surface area contributed by atoms with Crippen molar-refractivity contribution in [2.24, 2.45) is 0 Å². The Bertz CT molecular complexity index is 2860. The van der Waals surface area contributed by atoms with Crippen LogP contribution in [0.4, 0.5) is 0 Å². The van der Waals surface area contributed by atoms with Gasteiger partial charge in [-0.1, -0.05) is 72.8 Å². The molecular weight excluding hydrogens is 591 g/mol. The molecule has 0 saturated carbocycles. The zero-order chi connectivity index (χ0) is 31.1. The van der Waals surface area contributed by atoms with Crippen LogP contribution >= 0.6 is 11.3 Å². The number of hydrogen-bond acceptors (Lipinski definition) is 2. The van der Waals surface area contributed by atoms with Gasteiger partial charge in [-0.05, 0) is 90.0 Å². The van der Waals surface area contributed by atoms with Gasteiger partial charge in [-0.3, -0.25) is 0 Å². The average Bonchev–Trinajstić information content (AvgIpc) is 3.78. The minimum absolute atomic E-state index is 0.675. The van der Waals surface area contributed by atoms with E-state index >= 15 is 0 Å². The number of fused-ring (bicyclic) bond motifs is 9. The smallest absolute Gasteiger partial charge is 0.0991 e. The summed E-state index contributed by atoms with van der Waals surface area (Å²) in [5.41, 5.74) is 10.1. The molecule has 7 aromatic carbocycles. The number of nitriles is 1. The van der Waals surface area contributed by atoms with E-state index in [4.69, 9.17) is 0 Å². The second kappa shape index (κ2) is 9.92. The van der Waals surface area contributed by atoms with Crippen molar-refractivity contribution in [2.45, 2.75) is 0 Å². The van der Waals surface area contributed by atoms with E-state index in [1.807, 2.05) is 35.6 Å². The number of benzene rings is 7. The van der Waals surface area contributed by atoms with Gasteiger partial charge in [0.05, 0.1) is 33.7 Å². The van der Waals surface area contributed by atoms with Gasteiger partial charge in [0.25, 0.3) is 0 Å². The average molecular weight is 616 g/mol. The standard InChI is InChI=1S/C43H25N3S/c44-26-27-13-15-28(16-14-27)29-17-21-42-36(23-29)37-25-31(19-22-43(37)47-42)46-40-12-6-3-9-34(40)35-24-30(18-20-41(35)46)45-38-10-4-1-7-32(38)33-8-2-5-11-39(33)45/h1-25H. The van der Waals surface area contributed by atoms with Crippen molar-refractivity contribution in [3.8, 4) is 28.6 Å². The van der Waals surface area contributed by atoms with E-state index in [0.29, 0.717) is 5.56 Å². The normalized spacial score (nSPS) is 11.8. The maximum absolute atomic E-state index is 9.25. The highest BCUT2D eigenvalue weighted by molar-refractivity contribution is 7.25. The molecule has 0 spiro atoms. The van der Waals surface area contributed by atoms with Crippen molar-refractivity contribution in [1.29, 1.82) is 5.26 Å². The van der Waals surface area contributed by atoms with E-state index in [0.717, 1.165) is 22.5 Å². The van der Waals surface area contributed by atoms with Crippen molar-refractivity contribution in [3.63, 3.8) is 0 Å². The van der Waals surface area contributed by atoms with Crippen molar-refractivity contribution in [3.05, 3.63) is 157 Å². The minimum atomic E-state index is 0.675. The third kappa shape index (κ3) is 3.85. The molecule has 10 aromatic rings. The lowest BCUT2D eigenvalue weighted by molar-refractivity contribution is 1.17. The molecule has 0 aliphatic carbocycles. The first-order valence-electron chi connectivity index (χ1n) is 15.7. The largest absolute Gasteiger partial charge is 0.309 e. The number of rotatable bonds is 3. The maximum atomic E-state index is 9.25. The highest BCUT2D eigenvalue weighted by Crippen LogP contribution is 2.40. The molecule has 4 heteroatoms. The van der Waals surface area contributed by atoms with Crippen LogP contribution in [0.2, 0.25) is 0 Å². The van der Waals surface area contributed by atoms with E-state index in [2.05, 4.69) is 143 Å². The summed E-state index contributed by atoms with van der Waals surface area (Å²) < 4.78 is 7.35. The van der Waals surface area contributed by atoms with Gasteiger partial charge in [0, 0.05) is 53.1 Å². The lowest BCUT2D eigenvalue weighted by Gasteiger charge is -2.11. The first kappa shape index (κ1) is 26.1. The first-order valence-corrected chi connectivity index (χ1v) is 16.6. The Labute approximate surface area is 274 Å². The van der Waals surface area contributed by atoms with Crippen LogP contribution in [0, 0.1) is 11.3 Å². The molecule has 10 rings (SSSR count). The molecule has 218 valence electrons. The van der Waals surface area contributed by atoms with Crippen molar-refractivity contribution < 1.29 is 0 Å². The summed E-state index contributed by atoms with van der Waals surface area (Å²) in [6.07, 6.45) is 0. The van der Waals surface area contributed by atoms with Gasteiger partial charge in [-0.15, -0.1) is 11.3 Å². The topological polar surface area (TPSA) is 33.6 Å². The SMILES string of the molecule is N#Cc1ccc(-c2ccc3sc4ccc(-n5c6ccccc6c6cc(-n7c8ccccc8c8ccccc87)ccc65)cc4c3c2)cc1. The summed E-state index contributed by atoms with van der Waals surface area (Å²) in [5.74, 6) is 0. The van der Waals surface area contributed by atoms with Crippen LogP contribution in [0.3, 0.4) is 0 Å². The number of thiophene rings is 1. The quantitative estimate of drug-likeness (QED) is 0.195. The van der Waals surface area contributed by atoms with E-state index in [1.165, 1.54) is 63.8 Å². The van der Waals surface area contributed by atoms with E-state index < -0.39 is 0 Å². The Kier molecular flexibility index (Phi) is 5.51. The van der Waals surface area contributed by atoms with Crippen LogP contribution in [-0.2, 0) is 0 Å². The van der Waals surface area contributed by atoms with Crippen LogP contribution in [0.25, 0.3) is 86.3 Å². The molecule has 0 saturated heterocycles. The molecule has 3 nitrogen and oxygen atoms in total. The Morgan fingerprint density at radius 2 is 0.872 bits per heavy atom. The Hall–Kier alpha value is -6.15. The fraction of sp³-hybridized carbons (Fsp3) is 0. The van der Waals surface area contributed by atoms with E-state index in [9.17, 15) is 5.26 Å². The lowest BCUT2D eigenvalue weighted by Crippen LogP contribution is -1.95. The maximum Gasteiger partial charge on any atom is 0.0991 e. The zero-order valence-electron chi connectivity index (χ0n) is 25.2. The fourth-order valence-electron chi connectivity index (χ4n) is 7.40. The molecular formula is C43H25N3S. The summed E-state index contributed by atoms with van der Waals surface area (Å²) in [7, 11) is 0. The van der Waals surface area contributed by atoms with Gasteiger partial charge in [0.1, 0.15) is 0 Å². The fourth-order valence-corrected chi connectivity index (χ4v) is 8.47. The summed E-state index contributed by atoms with van der Waals surface area (Å²) in [6.45, 7) is 0. The van der Waals surface area contributed by atoms with Crippen LogP contribution in [-0.4, -0.2) is 9.13 Å². The highest BCUT2D eigenvalue weighted by Gasteiger charge is 2.17. The monoisotopic (exact) mass is 615 g/mol. The van der Waals surface area contributed by atoms with Crippen molar-refractivity contribution in [2.75, 3.05) is 0 Å². The predicted molar refractivity (Wildman–Crippen MR) is 198 cm³/mol. The third-order valence-corrected chi connectivity index (χ3v) is 10.7. The van der Waals surface area contributed by atoms with Gasteiger partial charge in [0.15, 0.2) is 0 Å². The number of hydrogen-bond donors (Lipinski definition) is 0. The molecule has 0 atom stereocenters. The Balaban J connectivity index is 1.18. The predicted octanol–water partition coefficient (Wildman–Crippen LogP) is 11.8. The Morgan fingerprint density at radius 3 is 1.49 bits per heavy atom.